The van der Waals surface area contributed by atoms with E-state index in [1.165, 1.54) is 47.4 Å². The first-order valence-electron chi connectivity index (χ1n) is 7.52. The molecule has 0 spiro atoms. The number of phenolic OH excluding ortho intramolecular Hbond substituents is 1. The minimum absolute atomic E-state index is 0.0500. The van der Waals surface area contributed by atoms with Gasteiger partial charge in [0.1, 0.15) is 11.6 Å². The summed E-state index contributed by atoms with van der Waals surface area (Å²) >= 11 is 0. The van der Waals surface area contributed by atoms with E-state index in [4.69, 9.17) is 0 Å². The molecule has 1 amide bonds. The van der Waals surface area contributed by atoms with E-state index >= 15 is 0 Å². The van der Waals surface area contributed by atoms with Crippen LogP contribution in [0.15, 0.2) is 48.5 Å². The number of halogens is 1. The Morgan fingerprint density at radius 2 is 1.79 bits per heavy atom. The number of carbonyl (C=O) groups is 2. The highest BCUT2D eigenvalue weighted by Gasteiger charge is 2.40. The molecule has 1 fully saturated rings. The van der Waals surface area contributed by atoms with Crippen molar-refractivity contribution in [1.29, 1.82) is 0 Å². The van der Waals surface area contributed by atoms with E-state index in [1.54, 1.807) is 6.07 Å². The first-order chi connectivity index (χ1) is 11.5. The predicted molar refractivity (Wildman–Crippen MR) is 84.3 cm³/mol. The van der Waals surface area contributed by atoms with E-state index in [0.29, 0.717) is 11.1 Å². The summed E-state index contributed by atoms with van der Waals surface area (Å²) in [6.07, 6.45) is 0. The Bertz CT molecular complexity index is 775. The number of carboxylic acid groups (broad SMARTS) is 1. The Kier molecular flexibility index (Phi) is 4.20. The van der Waals surface area contributed by atoms with Crippen LogP contribution >= 0.6 is 0 Å². The molecule has 6 heteroatoms. The SMILES string of the molecule is O=C(O)[C@@H]1CN(C(=O)c2ccc(O)cc2)C[C@H]1c1cccc(F)c1. The lowest BCUT2D eigenvalue weighted by Crippen LogP contribution is -2.29. The summed E-state index contributed by atoms with van der Waals surface area (Å²) in [5, 5.41) is 18.8. The number of hydrogen-bond donors (Lipinski definition) is 2. The molecular formula is C18H16FNO4. The van der Waals surface area contributed by atoms with Crippen LogP contribution in [0.1, 0.15) is 21.8 Å². The number of aliphatic carboxylic acids is 1. The van der Waals surface area contributed by atoms with Crippen molar-refractivity contribution >= 4 is 11.9 Å². The number of likely N-dealkylation sites (tertiary alicyclic amines) is 1. The van der Waals surface area contributed by atoms with Crippen molar-refractivity contribution in [1.82, 2.24) is 4.90 Å². The molecule has 24 heavy (non-hydrogen) atoms. The van der Waals surface area contributed by atoms with E-state index in [0.717, 1.165) is 0 Å². The van der Waals surface area contributed by atoms with Gasteiger partial charge in [-0.05, 0) is 42.0 Å². The van der Waals surface area contributed by atoms with Crippen molar-refractivity contribution in [2.24, 2.45) is 5.92 Å². The molecule has 0 aliphatic carbocycles. The molecular weight excluding hydrogens is 313 g/mol. The zero-order valence-corrected chi connectivity index (χ0v) is 12.7. The molecule has 1 heterocycles. The summed E-state index contributed by atoms with van der Waals surface area (Å²) < 4.78 is 13.5. The minimum atomic E-state index is -1.01. The molecule has 124 valence electrons. The highest BCUT2D eigenvalue weighted by molar-refractivity contribution is 5.95. The fraction of sp³-hybridized carbons (Fsp3) is 0.222. The van der Waals surface area contributed by atoms with E-state index in [9.17, 15) is 24.2 Å². The highest BCUT2D eigenvalue weighted by atomic mass is 19.1. The Morgan fingerprint density at radius 1 is 1.08 bits per heavy atom. The van der Waals surface area contributed by atoms with E-state index in [2.05, 4.69) is 0 Å². The molecule has 1 aliphatic rings. The van der Waals surface area contributed by atoms with E-state index < -0.39 is 23.6 Å². The number of benzene rings is 2. The summed E-state index contributed by atoms with van der Waals surface area (Å²) in [6.45, 7) is 0.274. The third-order valence-corrected chi connectivity index (χ3v) is 4.32. The van der Waals surface area contributed by atoms with Crippen LogP contribution in [0.2, 0.25) is 0 Å². The second-order valence-corrected chi connectivity index (χ2v) is 5.86. The lowest BCUT2D eigenvalue weighted by molar-refractivity contribution is -0.141. The van der Waals surface area contributed by atoms with Gasteiger partial charge in [0.25, 0.3) is 5.91 Å². The molecule has 1 aliphatic heterocycles. The van der Waals surface area contributed by atoms with Gasteiger partial charge < -0.3 is 15.1 Å². The third-order valence-electron chi connectivity index (χ3n) is 4.32. The monoisotopic (exact) mass is 329 g/mol. The standard InChI is InChI=1S/C18H16FNO4/c19-13-3-1-2-12(8-13)15-9-20(10-16(15)18(23)24)17(22)11-4-6-14(21)7-5-11/h1-8,15-16,21H,9-10H2,(H,23,24)/t15-,16+/m0/s1. The van der Waals surface area contributed by atoms with Crippen molar-refractivity contribution in [2.75, 3.05) is 13.1 Å². The van der Waals surface area contributed by atoms with Crippen LogP contribution < -0.4 is 0 Å². The normalized spacial score (nSPS) is 20.1. The van der Waals surface area contributed by atoms with Crippen LogP contribution in [0.25, 0.3) is 0 Å². The smallest absolute Gasteiger partial charge is 0.308 e. The van der Waals surface area contributed by atoms with Crippen molar-refractivity contribution in [3.8, 4) is 5.75 Å². The number of phenols is 1. The minimum Gasteiger partial charge on any atom is -0.508 e. The Hall–Kier alpha value is -2.89. The van der Waals surface area contributed by atoms with Crippen molar-refractivity contribution in [3.63, 3.8) is 0 Å². The van der Waals surface area contributed by atoms with E-state index in [-0.39, 0.29) is 24.7 Å². The molecule has 3 rings (SSSR count). The molecule has 0 saturated carbocycles. The van der Waals surface area contributed by atoms with Gasteiger partial charge in [-0.15, -0.1) is 0 Å². The third kappa shape index (κ3) is 3.08. The molecule has 0 aromatic heterocycles. The van der Waals surface area contributed by atoms with Gasteiger partial charge in [0, 0.05) is 24.6 Å². The largest absolute Gasteiger partial charge is 0.508 e. The van der Waals surface area contributed by atoms with Crippen LogP contribution in [-0.4, -0.2) is 40.1 Å². The number of carboxylic acids is 1. The summed E-state index contributed by atoms with van der Waals surface area (Å²) in [7, 11) is 0. The molecule has 0 bridgehead atoms. The maximum absolute atomic E-state index is 13.5. The average molecular weight is 329 g/mol. The highest BCUT2D eigenvalue weighted by Crippen LogP contribution is 2.34. The van der Waals surface area contributed by atoms with Gasteiger partial charge in [-0.2, -0.15) is 0 Å². The van der Waals surface area contributed by atoms with E-state index in [1.807, 2.05) is 0 Å². The molecule has 2 N–H and O–H groups in total. The molecule has 0 radical (unpaired) electrons. The zero-order valence-electron chi connectivity index (χ0n) is 12.7. The molecule has 5 nitrogen and oxygen atoms in total. The quantitative estimate of drug-likeness (QED) is 0.907. The number of aromatic hydroxyl groups is 1. The van der Waals surface area contributed by atoms with Crippen molar-refractivity contribution in [3.05, 3.63) is 65.5 Å². The fourth-order valence-corrected chi connectivity index (χ4v) is 3.08. The van der Waals surface area contributed by atoms with Gasteiger partial charge in [0.05, 0.1) is 5.92 Å². The second kappa shape index (κ2) is 6.31. The molecule has 2 atom stereocenters. The van der Waals surface area contributed by atoms with Gasteiger partial charge in [-0.3, -0.25) is 9.59 Å². The average Bonchev–Trinajstić information content (AvgIpc) is 3.00. The zero-order chi connectivity index (χ0) is 17.3. The maximum Gasteiger partial charge on any atom is 0.308 e. The van der Waals surface area contributed by atoms with Gasteiger partial charge in [-0.25, -0.2) is 4.39 Å². The number of amides is 1. The summed E-state index contributed by atoms with van der Waals surface area (Å²) in [5.74, 6) is -2.94. The van der Waals surface area contributed by atoms with Crippen LogP contribution in [0, 0.1) is 11.7 Å². The topological polar surface area (TPSA) is 77.8 Å². The van der Waals surface area contributed by atoms with Gasteiger partial charge in [-0.1, -0.05) is 12.1 Å². The summed E-state index contributed by atoms with van der Waals surface area (Å²) in [5.41, 5.74) is 0.945. The van der Waals surface area contributed by atoms with Crippen LogP contribution in [0.5, 0.6) is 5.75 Å². The lowest BCUT2D eigenvalue weighted by Gasteiger charge is -2.16. The van der Waals surface area contributed by atoms with Crippen LogP contribution in [0.3, 0.4) is 0 Å². The molecule has 2 aromatic rings. The second-order valence-electron chi connectivity index (χ2n) is 5.86. The Labute approximate surface area is 138 Å². The Morgan fingerprint density at radius 3 is 2.42 bits per heavy atom. The van der Waals surface area contributed by atoms with Gasteiger partial charge >= 0.3 is 5.97 Å². The van der Waals surface area contributed by atoms with Crippen molar-refractivity contribution < 1.29 is 24.2 Å². The Balaban J connectivity index is 1.86. The number of carbonyl (C=O) groups excluding carboxylic acids is 1. The van der Waals surface area contributed by atoms with Gasteiger partial charge in [0.15, 0.2) is 0 Å². The first-order valence-corrected chi connectivity index (χ1v) is 7.52. The fourth-order valence-electron chi connectivity index (χ4n) is 3.08. The van der Waals surface area contributed by atoms with Gasteiger partial charge in [0.2, 0.25) is 0 Å². The summed E-state index contributed by atoms with van der Waals surface area (Å²) in [4.78, 5) is 25.6. The molecule has 2 aromatic carbocycles. The number of rotatable bonds is 3. The summed E-state index contributed by atoms with van der Waals surface area (Å²) in [6, 6.07) is 11.6. The molecule has 1 saturated heterocycles. The molecule has 0 unspecified atom stereocenters. The lowest BCUT2D eigenvalue weighted by atomic mass is 9.89. The number of hydrogen-bond acceptors (Lipinski definition) is 3. The predicted octanol–water partition coefficient (Wildman–Crippen LogP) is 2.47. The van der Waals surface area contributed by atoms with Crippen LogP contribution in [-0.2, 0) is 4.79 Å². The van der Waals surface area contributed by atoms with Crippen LogP contribution in [0.4, 0.5) is 4.39 Å². The van der Waals surface area contributed by atoms with Crippen molar-refractivity contribution in [2.45, 2.75) is 5.92 Å². The number of nitrogens with zero attached hydrogens (tertiary/aromatic N) is 1. The maximum atomic E-state index is 13.5. The first kappa shape index (κ1) is 16.0.